The van der Waals surface area contributed by atoms with Crippen molar-refractivity contribution in [1.82, 2.24) is 15.2 Å². The zero-order chi connectivity index (χ0) is 20.8. The SMILES string of the molecule is CC(C)NC(=O)Nc1ccc(N2CCCN(C(=O)c3ccccc3F)CC2)nc1. The van der Waals surface area contributed by atoms with Gasteiger partial charge in [0.25, 0.3) is 5.91 Å². The van der Waals surface area contributed by atoms with E-state index in [1.165, 1.54) is 12.1 Å². The maximum absolute atomic E-state index is 13.9. The average molecular weight is 399 g/mol. The van der Waals surface area contributed by atoms with Gasteiger partial charge in [-0.05, 0) is 44.5 Å². The second-order valence-electron chi connectivity index (χ2n) is 7.27. The van der Waals surface area contributed by atoms with E-state index in [1.54, 1.807) is 29.3 Å². The van der Waals surface area contributed by atoms with Gasteiger partial charge in [0.2, 0.25) is 0 Å². The Balaban J connectivity index is 1.60. The monoisotopic (exact) mass is 399 g/mol. The summed E-state index contributed by atoms with van der Waals surface area (Å²) in [6, 6.07) is 9.49. The highest BCUT2D eigenvalue weighted by Gasteiger charge is 2.22. The Hall–Kier alpha value is -3.16. The van der Waals surface area contributed by atoms with E-state index in [2.05, 4.69) is 20.5 Å². The molecule has 2 aromatic rings. The minimum atomic E-state index is -0.495. The van der Waals surface area contributed by atoms with Crippen LogP contribution in [0.15, 0.2) is 42.6 Å². The Morgan fingerprint density at radius 2 is 1.86 bits per heavy atom. The lowest BCUT2D eigenvalue weighted by molar-refractivity contribution is 0.0762. The highest BCUT2D eigenvalue weighted by Crippen LogP contribution is 2.18. The van der Waals surface area contributed by atoms with Crippen LogP contribution in [0.3, 0.4) is 0 Å². The number of rotatable bonds is 4. The predicted octanol–water partition coefficient (Wildman–Crippen LogP) is 3.10. The first-order valence-corrected chi connectivity index (χ1v) is 9.76. The van der Waals surface area contributed by atoms with Crippen LogP contribution < -0.4 is 15.5 Å². The molecule has 8 heteroatoms. The fourth-order valence-electron chi connectivity index (χ4n) is 3.23. The van der Waals surface area contributed by atoms with Crippen LogP contribution in [0.5, 0.6) is 0 Å². The van der Waals surface area contributed by atoms with E-state index in [9.17, 15) is 14.0 Å². The molecule has 2 heterocycles. The number of pyridine rings is 1. The fourth-order valence-corrected chi connectivity index (χ4v) is 3.23. The highest BCUT2D eigenvalue weighted by atomic mass is 19.1. The predicted molar refractivity (Wildman–Crippen MR) is 111 cm³/mol. The molecule has 1 aliphatic heterocycles. The number of nitrogens with one attached hydrogen (secondary N) is 2. The van der Waals surface area contributed by atoms with Gasteiger partial charge in [-0.1, -0.05) is 12.1 Å². The summed E-state index contributed by atoms with van der Waals surface area (Å²) in [5.41, 5.74) is 0.715. The average Bonchev–Trinajstić information content (AvgIpc) is 2.94. The van der Waals surface area contributed by atoms with Gasteiger partial charge in [0.1, 0.15) is 11.6 Å². The summed E-state index contributed by atoms with van der Waals surface area (Å²) in [5, 5.41) is 5.50. The zero-order valence-corrected chi connectivity index (χ0v) is 16.7. The third kappa shape index (κ3) is 5.43. The van der Waals surface area contributed by atoms with E-state index >= 15 is 0 Å². The molecule has 0 spiro atoms. The first-order valence-electron chi connectivity index (χ1n) is 9.76. The Kier molecular flexibility index (Phi) is 6.64. The molecule has 2 N–H and O–H groups in total. The maximum atomic E-state index is 13.9. The molecule has 3 rings (SSSR count). The summed E-state index contributed by atoms with van der Waals surface area (Å²) in [6.07, 6.45) is 2.38. The largest absolute Gasteiger partial charge is 0.355 e. The minimum absolute atomic E-state index is 0.0503. The Morgan fingerprint density at radius 3 is 2.55 bits per heavy atom. The van der Waals surface area contributed by atoms with Crippen molar-refractivity contribution >= 4 is 23.4 Å². The highest BCUT2D eigenvalue weighted by molar-refractivity contribution is 5.94. The van der Waals surface area contributed by atoms with Crippen LogP contribution in [0.25, 0.3) is 0 Å². The summed E-state index contributed by atoms with van der Waals surface area (Å²) < 4.78 is 13.9. The molecule has 1 fully saturated rings. The van der Waals surface area contributed by atoms with Gasteiger partial charge in [0.05, 0.1) is 17.4 Å². The number of nitrogens with zero attached hydrogens (tertiary/aromatic N) is 3. The third-order valence-electron chi connectivity index (χ3n) is 4.64. The van der Waals surface area contributed by atoms with Gasteiger partial charge >= 0.3 is 6.03 Å². The van der Waals surface area contributed by atoms with Crippen LogP contribution in [-0.4, -0.2) is 54.0 Å². The summed E-state index contributed by atoms with van der Waals surface area (Å²) in [7, 11) is 0. The summed E-state index contributed by atoms with van der Waals surface area (Å²) >= 11 is 0. The van der Waals surface area contributed by atoms with Gasteiger partial charge in [-0.3, -0.25) is 4.79 Å². The van der Waals surface area contributed by atoms with E-state index < -0.39 is 5.82 Å². The van der Waals surface area contributed by atoms with Gasteiger partial charge in [0.15, 0.2) is 0 Å². The summed E-state index contributed by atoms with van der Waals surface area (Å²) in [5.74, 6) is -0.00140. The molecule has 3 amide bonds. The minimum Gasteiger partial charge on any atom is -0.355 e. The first kappa shape index (κ1) is 20.6. The van der Waals surface area contributed by atoms with Crippen molar-refractivity contribution < 1.29 is 14.0 Å². The Bertz CT molecular complexity index is 856. The van der Waals surface area contributed by atoms with Crippen molar-refractivity contribution in [2.45, 2.75) is 26.3 Å². The number of halogens is 1. The van der Waals surface area contributed by atoms with Gasteiger partial charge in [-0.25, -0.2) is 14.2 Å². The molecule has 0 atom stereocenters. The van der Waals surface area contributed by atoms with Gasteiger partial charge in [0, 0.05) is 32.2 Å². The lowest BCUT2D eigenvalue weighted by Gasteiger charge is -2.23. The molecular weight excluding hydrogens is 373 g/mol. The van der Waals surface area contributed by atoms with Crippen molar-refractivity contribution in [2.75, 3.05) is 36.4 Å². The molecule has 0 aliphatic carbocycles. The standard InChI is InChI=1S/C21H26FN5O2/c1-15(2)24-21(29)25-16-8-9-19(23-14-16)26-10-5-11-27(13-12-26)20(28)17-6-3-4-7-18(17)22/h3-4,6-9,14-15H,5,10-13H2,1-2H3,(H2,24,25,29). The van der Waals surface area contributed by atoms with Crippen LogP contribution in [0.2, 0.25) is 0 Å². The summed E-state index contributed by atoms with van der Waals surface area (Å²) in [4.78, 5) is 32.6. The molecule has 0 unspecified atom stereocenters. The van der Waals surface area contributed by atoms with Crippen LogP contribution in [0.4, 0.5) is 20.7 Å². The summed E-state index contributed by atoms with van der Waals surface area (Å²) in [6.45, 7) is 6.19. The molecule has 7 nitrogen and oxygen atoms in total. The normalized spacial score (nSPS) is 14.5. The maximum Gasteiger partial charge on any atom is 0.319 e. The number of hydrogen-bond acceptors (Lipinski definition) is 4. The van der Waals surface area contributed by atoms with Crippen molar-refractivity contribution in [1.29, 1.82) is 0 Å². The smallest absolute Gasteiger partial charge is 0.319 e. The van der Waals surface area contributed by atoms with Crippen LogP contribution >= 0.6 is 0 Å². The third-order valence-corrected chi connectivity index (χ3v) is 4.64. The molecule has 0 radical (unpaired) electrons. The van der Waals surface area contributed by atoms with Gasteiger partial charge in [-0.2, -0.15) is 0 Å². The van der Waals surface area contributed by atoms with Crippen molar-refractivity contribution in [3.63, 3.8) is 0 Å². The van der Waals surface area contributed by atoms with Gasteiger partial charge in [-0.15, -0.1) is 0 Å². The molecule has 1 aromatic carbocycles. The van der Waals surface area contributed by atoms with Crippen LogP contribution in [-0.2, 0) is 0 Å². The van der Waals surface area contributed by atoms with E-state index in [0.29, 0.717) is 25.3 Å². The van der Waals surface area contributed by atoms with E-state index in [-0.39, 0.29) is 23.5 Å². The van der Waals surface area contributed by atoms with Crippen molar-refractivity contribution in [3.05, 3.63) is 54.0 Å². The van der Waals surface area contributed by atoms with Crippen LogP contribution in [0, 0.1) is 5.82 Å². The van der Waals surface area contributed by atoms with E-state index in [4.69, 9.17) is 0 Å². The molecule has 0 saturated carbocycles. The Labute approximate surface area is 169 Å². The number of hydrogen-bond donors (Lipinski definition) is 2. The molecular formula is C21H26FN5O2. The molecule has 1 aliphatic rings. The topological polar surface area (TPSA) is 77.6 Å². The number of urea groups is 1. The zero-order valence-electron chi connectivity index (χ0n) is 16.7. The molecule has 0 bridgehead atoms. The van der Waals surface area contributed by atoms with Crippen molar-refractivity contribution in [3.8, 4) is 0 Å². The first-order chi connectivity index (χ1) is 13.9. The molecule has 154 valence electrons. The lowest BCUT2D eigenvalue weighted by Crippen LogP contribution is -2.36. The van der Waals surface area contributed by atoms with Crippen LogP contribution in [0.1, 0.15) is 30.6 Å². The number of amides is 3. The number of carbonyl (C=O) groups excluding carboxylic acids is 2. The number of benzene rings is 1. The second-order valence-corrected chi connectivity index (χ2v) is 7.27. The molecule has 1 aromatic heterocycles. The van der Waals surface area contributed by atoms with Gasteiger partial charge < -0.3 is 20.4 Å². The Morgan fingerprint density at radius 1 is 1.07 bits per heavy atom. The quantitative estimate of drug-likeness (QED) is 0.828. The van der Waals surface area contributed by atoms with E-state index in [0.717, 1.165) is 18.8 Å². The lowest BCUT2D eigenvalue weighted by atomic mass is 10.2. The number of anilines is 2. The molecule has 1 saturated heterocycles. The number of aromatic nitrogens is 1. The number of carbonyl (C=O) groups is 2. The fraction of sp³-hybridized carbons (Fsp3) is 0.381. The van der Waals surface area contributed by atoms with E-state index in [1.807, 2.05) is 19.9 Å². The second kappa shape index (κ2) is 9.36. The molecule has 29 heavy (non-hydrogen) atoms. The van der Waals surface area contributed by atoms with Crippen molar-refractivity contribution in [2.24, 2.45) is 0 Å².